The Kier molecular flexibility index (Phi) is 6.53. The quantitative estimate of drug-likeness (QED) is 0.467. The highest BCUT2D eigenvalue weighted by Crippen LogP contribution is 2.42. The van der Waals surface area contributed by atoms with E-state index in [-0.39, 0.29) is 17.2 Å². The summed E-state index contributed by atoms with van der Waals surface area (Å²) >= 11 is 6.78. The predicted molar refractivity (Wildman–Crippen MR) is 143 cm³/mol. The Labute approximate surface area is 212 Å². The molecule has 0 spiro atoms. The smallest absolute Gasteiger partial charge is 0.229 e. The van der Waals surface area contributed by atoms with Crippen molar-refractivity contribution in [2.45, 2.75) is 46.0 Å². The maximum Gasteiger partial charge on any atom is 0.229 e. The molecule has 0 saturated carbocycles. The minimum atomic E-state index is -0.0311. The van der Waals surface area contributed by atoms with Gasteiger partial charge in [0.2, 0.25) is 5.91 Å². The molecule has 0 radical (unpaired) electrons. The number of aromatic nitrogens is 1. The molecular formula is C28H35ClN4O2. The maximum absolute atomic E-state index is 12.8. The number of halogens is 1. The van der Waals surface area contributed by atoms with Crippen molar-refractivity contribution in [2.75, 3.05) is 49.1 Å². The molecule has 186 valence electrons. The molecule has 0 atom stereocenters. The zero-order chi connectivity index (χ0) is 24.7. The monoisotopic (exact) mass is 494 g/mol. The summed E-state index contributed by atoms with van der Waals surface area (Å²) < 4.78 is 5.50. The molecule has 3 aromatic rings. The van der Waals surface area contributed by atoms with Crippen LogP contribution in [0.3, 0.4) is 0 Å². The standard InChI is InChI=1S/C28H35ClN4O2/c1-19(2)27(34)33-12-10-28(3,4)22-17-20(23(29)18-24(22)33)9-11-31-13-15-32(16-14-31)26-21-7-5-6-8-25(21)35-30-26/h5-8,17-19H,9-16H2,1-4H3. The predicted octanol–water partition coefficient (Wildman–Crippen LogP) is 5.52. The van der Waals surface area contributed by atoms with E-state index in [1.165, 1.54) is 11.1 Å². The van der Waals surface area contributed by atoms with E-state index in [9.17, 15) is 4.79 Å². The molecule has 2 aromatic carbocycles. The Morgan fingerprint density at radius 3 is 2.60 bits per heavy atom. The van der Waals surface area contributed by atoms with Gasteiger partial charge >= 0.3 is 0 Å². The average Bonchev–Trinajstić information content (AvgIpc) is 3.27. The highest BCUT2D eigenvalue weighted by Gasteiger charge is 2.35. The first-order chi connectivity index (χ1) is 16.7. The van der Waals surface area contributed by atoms with Crippen LogP contribution in [0.2, 0.25) is 5.02 Å². The van der Waals surface area contributed by atoms with Gasteiger partial charge in [0, 0.05) is 55.9 Å². The molecule has 7 heteroatoms. The fourth-order valence-corrected chi connectivity index (χ4v) is 5.57. The molecule has 1 aromatic heterocycles. The van der Waals surface area contributed by atoms with Crippen LogP contribution < -0.4 is 9.80 Å². The summed E-state index contributed by atoms with van der Waals surface area (Å²) in [6.07, 6.45) is 1.85. The molecule has 0 unspecified atom stereocenters. The van der Waals surface area contributed by atoms with Gasteiger partial charge in [-0.05, 0) is 47.6 Å². The Balaban J connectivity index is 1.26. The minimum Gasteiger partial charge on any atom is -0.354 e. The van der Waals surface area contributed by atoms with Crippen LogP contribution in [0, 0.1) is 5.92 Å². The number of hydrogen-bond donors (Lipinski definition) is 0. The first kappa shape index (κ1) is 24.1. The highest BCUT2D eigenvalue weighted by molar-refractivity contribution is 6.31. The third-order valence-electron chi connectivity index (χ3n) is 7.63. The summed E-state index contributed by atoms with van der Waals surface area (Å²) in [4.78, 5) is 19.6. The average molecular weight is 495 g/mol. The van der Waals surface area contributed by atoms with E-state index < -0.39 is 0 Å². The molecule has 35 heavy (non-hydrogen) atoms. The van der Waals surface area contributed by atoms with Gasteiger partial charge in [0.25, 0.3) is 0 Å². The van der Waals surface area contributed by atoms with Crippen molar-refractivity contribution in [1.82, 2.24) is 10.1 Å². The van der Waals surface area contributed by atoms with Crippen LogP contribution in [0.25, 0.3) is 11.0 Å². The van der Waals surface area contributed by atoms with E-state index in [2.05, 4.69) is 40.9 Å². The number of rotatable bonds is 5. The van der Waals surface area contributed by atoms with Crippen molar-refractivity contribution in [3.63, 3.8) is 0 Å². The van der Waals surface area contributed by atoms with Crippen LogP contribution >= 0.6 is 11.6 Å². The second kappa shape index (κ2) is 9.47. The van der Waals surface area contributed by atoms with E-state index in [1.54, 1.807) is 0 Å². The summed E-state index contributed by atoms with van der Waals surface area (Å²) in [6.45, 7) is 14.0. The number of piperazine rings is 1. The molecule has 0 bridgehead atoms. The number of hydrogen-bond acceptors (Lipinski definition) is 5. The SMILES string of the molecule is CC(C)C(=O)N1CCC(C)(C)c2cc(CCN3CCN(c4noc5ccccc45)CC3)c(Cl)cc21. The minimum absolute atomic E-state index is 0.0222. The van der Waals surface area contributed by atoms with Crippen LogP contribution in [-0.2, 0) is 16.6 Å². The number of benzene rings is 2. The van der Waals surface area contributed by atoms with Crippen LogP contribution in [0.1, 0.15) is 45.2 Å². The Morgan fingerprint density at radius 2 is 1.86 bits per heavy atom. The zero-order valence-electron chi connectivity index (χ0n) is 21.2. The normalized spacial score (nSPS) is 18.3. The third kappa shape index (κ3) is 4.66. The fourth-order valence-electron chi connectivity index (χ4n) is 5.31. The molecule has 0 aliphatic carbocycles. The molecule has 3 heterocycles. The van der Waals surface area contributed by atoms with Crippen LogP contribution in [0.5, 0.6) is 0 Å². The molecule has 2 aliphatic heterocycles. The molecule has 5 rings (SSSR count). The lowest BCUT2D eigenvalue weighted by molar-refractivity contribution is -0.121. The van der Waals surface area contributed by atoms with Crippen molar-refractivity contribution < 1.29 is 9.32 Å². The van der Waals surface area contributed by atoms with Gasteiger partial charge in [0.15, 0.2) is 11.4 Å². The summed E-state index contributed by atoms with van der Waals surface area (Å²) in [7, 11) is 0. The van der Waals surface area contributed by atoms with Crippen LogP contribution in [-0.4, -0.2) is 55.2 Å². The number of amides is 1. The van der Waals surface area contributed by atoms with Gasteiger partial charge in [-0.3, -0.25) is 9.69 Å². The molecular weight excluding hydrogens is 460 g/mol. The Hall–Kier alpha value is -2.57. The van der Waals surface area contributed by atoms with E-state index in [0.29, 0.717) is 0 Å². The second-order valence-electron chi connectivity index (χ2n) is 10.8. The molecule has 1 saturated heterocycles. The van der Waals surface area contributed by atoms with Crippen LogP contribution in [0.15, 0.2) is 40.9 Å². The molecule has 1 amide bonds. The van der Waals surface area contributed by atoms with E-state index >= 15 is 0 Å². The van der Waals surface area contributed by atoms with Crippen LogP contribution in [0.4, 0.5) is 11.5 Å². The van der Waals surface area contributed by atoms with Gasteiger partial charge in [-0.2, -0.15) is 0 Å². The first-order valence-electron chi connectivity index (χ1n) is 12.7. The van der Waals surface area contributed by atoms with Gasteiger partial charge < -0.3 is 14.3 Å². The number of anilines is 2. The van der Waals surface area contributed by atoms with Crippen molar-refractivity contribution in [3.8, 4) is 0 Å². The fraction of sp³-hybridized carbons (Fsp3) is 0.500. The molecule has 0 N–H and O–H groups in total. The summed E-state index contributed by atoms with van der Waals surface area (Å²) in [5.41, 5.74) is 4.25. The van der Waals surface area contributed by atoms with Crippen molar-refractivity contribution in [2.24, 2.45) is 5.92 Å². The number of carbonyl (C=O) groups is 1. The first-order valence-corrected chi connectivity index (χ1v) is 13.1. The van der Waals surface area contributed by atoms with Gasteiger partial charge in [0.1, 0.15) is 0 Å². The molecule has 2 aliphatic rings. The molecule has 1 fully saturated rings. The van der Waals surface area contributed by atoms with E-state index in [0.717, 1.165) is 79.6 Å². The highest BCUT2D eigenvalue weighted by atomic mass is 35.5. The van der Waals surface area contributed by atoms with Gasteiger partial charge in [-0.15, -0.1) is 0 Å². The van der Waals surface area contributed by atoms with Crippen molar-refractivity contribution in [3.05, 3.63) is 52.5 Å². The van der Waals surface area contributed by atoms with E-state index in [1.807, 2.05) is 43.0 Å². The lowest BCUT2D eigenvalue weighted by atomic mass is 9.76. The van der Waals surface area contributed by atoms with Crippen molar-refractivity contribution in [1.29, 1.82) is 0 Å². The van der Waals surface area contributed by atoms with Gasteiger partial charge in [0.05, 0.1) is 5.39 Å². The summed E-state index contributed by atoms with van der Waals surface area (Å²) in [5.74, 6) is 1.08. The number of nitrogens with zero attached hydrogens (tertiary/aromatic N) is 4. The lowest BCUT2D eigenvalue weighted by Crippen LogP contribution is -2.47. The topological polar surface area (TPSA) is 52.8 Å². The third-order valence-corrected chi connectivity index (χ3v) is 7.98. The lowest BCUT2D eigenvalue weighted by Gasteiger charge is -2.40. The number of carbonyl (C=O) groups excluding carboxylic acids is 1. The largest absolute Gasteiger partial charge is 0.354 e. The Morgan fingerprint density at radius 1 is 1.11 bits per heavy atom. The summed E-state index contributed by atoms with van der Waals surface area (Å²) in [6, 6.07) is 12.3. The summed E-state index contributed by atoms with van der Waals surface area (Å²) in [5, 5.41) is 6.16. The second-order valence-corrected chi connectivity index (χ2v) is 11.2. The van der Waals surface area contributed by atoms with Gasteiger partial charge in [-0.25, -0.2) is 0 Å². The number of fused-ring (bicyclic) bond motifs is 2. The number of para-hydroxylation sites is 1. The zero-order valence-corrected chi connectivity index (χ0v) is 21.9. The maximum atomic E-state index is 12.8. The van der Waals surface area contributed by atoms with E-state index in [4.69, 9.17) is 16.1 Å². The van der Waals surface area contributed by atoms with Crippen molar-refractivity contribution >= 4 is 40.0 Å². The van der Waals surface area contributed by atoms with Gasteiger partial charge in [-0.1, -0.05) is 62.7 Å². The molecule has 6 nitrogen and oxygen atoms in total. The Bertz CT molecular complexity index is 1230.